The highest BCUT2D eigenvalue weighted by molar-refractivity contribution is 5.69. The number of hydrogen-bond donors (Lipinski definition) is 1. The molecule has 0 aliphatic carbocycles. The van der Waals surface area contributed by atoms with E-state index in [2.05, 4.69) is 12.1 Å². The lowest BCUT2D eigenvalue weighted by Crippen LogP contribution is -2.33. The second-order valence-electron chi connectivity index (χ2n) is 5.93. The number of rotatable bonds is 2. The van der Waals surface area contributed by atoms with Crippen LogP contribution in [0.2, 0.25) is 0 Å². The van der Waals surface area contributed by atoms with Gasteiger partial charge in [0.15, 0.2) is 0 Å². The Kier molecular flexibility index (Phi) is 3.80. The van der Waals surface area contributed by atoms with Gasteiger partial charge in [-0.15, -0.1) is 0 Å². The largest absolute Gasteiger partial charge is 0.444 e. The first-order chi connectivity index (χ1) is 8.90. The van der Waals surface area contributed by atoms with Gasteiger partial charge in [0.2, 0.25) is 0 Å². The van der Waals surface area contributed by atoms with E-state index >= 15 is 0 Å². The quantitative estimate of drug-likeness (QED) is 0.890. The smallest absolute Gasteiger partial charge is 0.410 e. The molecule has 19 heavy (non-hydrogen) atoms. The zero-order valence-electron chi connectivity index (χ0n) is 11.9. The SMILES string of the molecule is CC(C)(C)OC(=O)N1Cc2cccc(CCN)c2C1. The molecule has 0 saturated carbocycles. The molecule has 0 bridgehead atoms. The second-order valence-corrected chi connectivity index (χ2v) is 5.93. The Balaban J connectivity index is 2.12. The van der Waals surface area contributed by atoms with Crippen LogP contribution in [0, 0.1) is 0 Å². The Bertz CT molecular complexity index is 478. The first-order valence-corrected chi connectivity index (χ1v) is 6.68. The molecule has 1 aliphatic heterocycles. The maximum atomic E-state index is 12.1. The standard InChI is InChI=1S/C15H22N2O2/c1-15(2,3)19-14(18)17-9-12-6-4-5-11(7-8-16)13(12)10-17/h4-6H,7-10,16H2,1-3H3. The lowest BCUT2D eigenvalue weighted by atomic mass is 10.0. The third kappa shape index (κ3) is 3.26. The molecule has 0 aromatic heterocycles. The fourth-order valence-corrected chi connectivity index (χ4v) is 2.34. The van der Waals surface area contributed by atoms with Gasteiger partial charge in [0, 0.05) is 13.1 Å². The predicted molar refractivity (Wildman–Crippen MR) is 74.7 cm³/mol. The first-order valence-electron chi connectivity index (χ1n) is 6.68. The van der Waals surface area contributed by atoms with Gasteiger partial charge >= 0.3 is 6.09 Å². The topological polar surface area (TPSA) is 55.6 Å². The van der Waals surface area contributed by atoms with E-state index in [0.717, 1.165) is 6.42 Å². The van der Waals surface area contributed by atoms with Gasteiger partial charge in [-0.05, 0) is 50.4 Å². The molecule has 0 unspecified atom stereocenters. The van der Waals surface area contributed by atoms with E-state index in [9.17, 15) is 4.79 Å². The van der Waals surface area contributed by atoms with Gasteiger partial charge in [0.05, 0.1) is 0 Å². The molecule has 104 valence electrons. The summed E-state index contributed by atoms with van der Waals surface area (Å²) in [6, 6.07) is 6.19. The normalized spacial score (nSPS) is 14.4. The van der Waals surface area contributed by atoms with E-state index in [1.54, 1.807) is 4.90 Å². The molecule has 4 heteroatoms. The maximum absolute atomic E-state index is 12.1. The number of amides is 1. The summed E-state index contributed by atoms with van der Waals surface area (Å²) in [4.78, 5) is 13.8. The van der Waals surface area contributed by atoms with Crippen LogP contribution in [0.25, 0.3) is 0 Å². The van der Waals surface area contributed by atoms with Crippen LogP contribution < -0.4 is 5.73 Å². The van der Waals surface area contributed by atoms with Gasteiger partial charge in [-0.1, -0.05) is 18.2 Å². The monoisotopic (exact) mass is 262 g/mol. The average molecular weight is 262 g/mol. The molecule has 2 rings (SSSR count). The molecule has 1 aromatic rings. The van der Waals surface area contributed by atoms with Crippen LogP contribution in [-0.2, 0) is 24.2 Å². The zero-order chi connectivity index (χ0) is 14.0. The Morgan fingerprint density at radius 1 is 1.37 bits per heavy atom. The molecule has 1 aliphatic rings. The minimum atomic E-state index is -0.452. The van der Waals surface area contributed by atoms with Crippen molar-refractivity contribution in [3.8, 4) is 0 Å². The Hall–Kier alpha value is -1.55. The Morgan fingerprint density at radius 2 is 2.11 bits per heavy atom. The summed E-state index contributed by atoms with van der Waals surface area (Å²) in [7, 11) is 0. The molecule has 2 N–H and O–H groups in total. The molecule has 0 fully saturated rings. The minimum absolute atomic E-state index is 0.248. The summed E-state index contributed by atoms with van der Waals surface area (Å²) < 4.78 is 5.41. The highest BCUT2D eigenvalue weighted by Gasteiger charge is 2.28. The van der Waals surface area contributed by atoms with Crippen molar-refractivity contribution < 1.29 is 9.53 Å². The summed E-state index contributed by atoms with van der Waals surface area (Å²) in [5.41, 5.74) is 8.86. The van der Waals surface area contributed by atoms with Crippen LogP contribution in [0.4, 0.5) is 4.79 Å². The minimum Gasteiger partial charge on any atom is -0.444 e. The highest BCUT2D eigenvalue weighted by Crippen LogP contribution is 2.27. The summed E-state index contributed by atoms with van der Waals surface area (Å²) in [6.07, 6.45) is 0.605. The molecule has 0 atom stereocenters. The van der Waals surface area contributed by atoms with Crippen LogP contribution in [0.15, 0.2) is 18.2 Å². The number of carbonyl (C=O) groups excluding carboxylic acids is 1. The van der Waals surface area contributed by atoms with Crippen molar-refractivity contribution in [1.29, 1.82) is 0 Å². The van der Waals surface area contributed by atoms with E-state index in [-0.39, 0.29) is 6.09 Å². The summed E-state index contributed by atoms with van der Waals surface area (Å²) in [5.74, 6) is 0. The molecule has 1 amide bonds. The maximum Gasteiger partial charge on any atom is 0.410 e. The molecule has 0 saturated heterocycles. The van der Waals surface area contributed by atoms with E-state index in [0.29, 0.717) is 19.6 Å². The molecule has 1 heterocycles. The van der Waals surface area contributed by atoms with E-state index in [4.69, 9.17) is 10.5 Å². The molecular formula is C15H22N2O2. The van der Waals surface area contributed by atoms with Gasteiger partial charge in [-0.2, -0.15) is 0 Å². The fraction of sp³-hybridized carbons (Fsp3) is 0.533. The molecule has 0 spiro atoms. The number of nitrogens with zero attached hydrogens (tertiary/aromatic N) is 1. The number of hydrogen-bond acceptors (Lipinski definition) is 3. The number of nitrogens with two attached hydrogens (primary N) is 1. The Labute approximate surface area is 114 Å². The van der Waals surface area contributed by atoms with Gasteiger partial charge in [0.25, 0.3) is 0 Å². The van der Waals surface area contributed by atoms with Crippen LogP contribution in [0.5, 0.6) is 0 Å². The summed E-state index contributed by atoms with van der Waals surface area (Å²) in [6.45, 7) is 7.53. The second kappa shape index (κ2) is 5.21. The van der Waals surface area contributed by atoms with Crippen LogP contribution in [0.1, 0.15) is 37.5 Å². The van der Waals surface area contributed by atoms with E-state index in [1.165, 1.54) is 16.7 Å². The Morgan fingerprint density at radius 3 is 2.74 bits per heavy atom. The molecule has 4 nitrogen and oxygen atoms in total. The van der Waals surface area contributed by atoms with Crippen molar-refractivity contribution in [1.82, 2.24) is 4.90 Å². The van der Waals surface area contributed by atoms with Gasteiger partial charge < -0.3 is 10.5 Å². The van der Waals surface area contributed by atoms with Crippen LogP contribution in [-0.4, -0.2) is 23.1 Å². The predicted octanol–water partition coefficient (Wildman–Crippen LogP) is 2.44. The van der Waals surface area contributed by atoms with Crippen molar-refractivity contribution in [3.05, 3.63) is 34.9 Å². The number of ether oxygens (including phenoxy) is 1. The van der Waals surface area contributed by atoms with E-state index in [1.807, 2.05) is 26.8 Å². The van der Waals surface area contributed by atoms with Crippen molar-refractivity contribution in [2.75, 3.05) is 6.54 Å². The van der Waals surface area contributed by atoms with E-state index < -0.39 is 5.60 Å². The van der Waals surface area contributed by atoms with Crippen molar-refractivity contribution in [2.45, 2.75) is 45.9 Å². The van der Waals surface area contributed by atoms with Crippen LogP contribution >= 0.6 is 0 Å². The zero-order valence-corrected chi connectivity index (χ0v) is 11.9. The van der Waals surface area contributed by atoms with Crippen molar-refractivity contribution in [2.24, 2.45) is 5.73 Å². The fourth-order valence-electron chi connectivity index (χ4n) is 2.34. The summed E-state index contributed by atoms with van der Waals surface area (Å²) in [5, 5.41) is 0. The lowest BCUT2D eigenvalue weighted by molar-refractivity contribution is 0.0241. The van der Waals surface area contributed by atoms with Crippen LogP contribution in [0.3, 0.4) is 0 Å². The first kappa shape index (κ1) is 13.9. The summed E-state index contributed by atoms with van der Waals surface area (Å²) >= 11 is 0. The lowest BCUT2D eigenvalue weighted by Gasteiger charge is -2.24. The highest BCUT2D eigenvalue weighted by atomic mass is 16.6. The third-order valence-electron chi connectivity index (χ3n) is 3.15. The third-order valence-corrected chi connectivity index (χ3v) is 3.15. The van der Waals surface area contributed by atoms with Crippen molar-refractivity contribution >= 4 is 6.09 Å². The van der Waals surface area contributed by atoms with Crippen molar-refractivity contribution in [3.63, 3.8) is 0 Å². The van der Waals surface area contributed by atoms with Gasteiger partial charge in [0.1, 0.15) is 5.60 Å². The van der Waals surface area contributed by atoms with Gasteiger partial charge in [-0.25, -0.2) is 4.79 Å². The number of benzene rings is 1. The average Bonchev–Trinajstić information content (AvgIpc) is 2.72. The molecule has 0 radical (unpaired) electrons. The van der Waals surface area contributed by atoms with Gasteiger partial charge in [-0.3, -0.25) is 4.90 Å². The number of carbonyl (C=O) groups is 1. The molecular weight excluding hydrogens is 240 g/mol. The molecule has 1 aromatic carbocycles. The number of fused-ring (bicyclic) bond motifs is 1.